The lowest BCUT2D eigenvalue weighted by molar-refractivity contribution is -0.138. The van der Waals surface area contributed by atoms with Gasteiger partial charge in [-0.15, -0.1) is 0 Å². The number of aromatic hydroxyl groups is 1. The monoisotopic (exact) mass is 335 g/mol. The molecule has 2 rings (SSSR count). The molecule has 7 heteroatoms. The van der Waals surface area contributed by atoms with Gasteiger partial charge in [0.25, 0.3) is 0 Å². The van der Waals surface area contributed by atoms with E-state index < -0.39 is 11.7 Å². The Morgan fingerprint density at radius 3 is 2.43 bits per heavy atom. The second-order valence-electron chi connectivity index (χ2n) is 4.29. The molecule has 0 heterocycles. The summed E-state index contributed by atoms with van der Waals surface area (Å²) in [5.41, 5.74) is -0.505. The molecule has 0 unspecified atom stereocenters. The van der Waals surface area contributed by atoms with E-state index in [1.807, 2.05) is 0 Å². The number of phenols is 1. The van der Waals surface area contributed by atoms with E-state index in [2.05, 4.69) is 5.32 Å². The van der Waals surface area contributed by atoms with Crippen molar-refractivity contribution in [2.75, 3.05) is 5.32 Å². The summed E-state index contributed by atoms with van der Waals surface area (Å²) in [4.78, 5) is 0. The van der Waals surface area contributed by atoms with Crippen molar-refractivity contribution < 1.29 is 18.3 Å². The summed E-state index contributed by atoms with van der Waals surface area (Å²) in [6, 6.07) is 7.92. The van der Waals surface area contributed by atoms with Crippen molar-refractivity contribution >= 4 is 28.9 Å². The minimum absolute atomic E-state index is 0.0223. The Balaban J connectivity index is 2.26. The van der Waals surface area contributed by atoms with Crippen LogP contribution in [-0.4, -0.2) is 5.11 Å². The highest BCUT2D eigenvalue weighted by Gasteiger charge is 2.32. The molecule has 2 N–H and O–H groups in total. The van der Waals surface area contributed by atoms with Crippen molar-refractivity contribution in [3.63, 3.8) is 0 Å². The van der Waals surface area contributed by atoms with Gasteiger partial charge in [-0.25, -0.2) is 0 Å². The molecule has 0 saturated heterocycles. The van der Waals surface area contributed by atoms with Crippen molar-refractivity contribution in [2.45, 2.75) is 12.7 Å². The third-order valence-corrected chi connectivity index (χ3v) is 3.33. The zero-order valence-corrected chi connectivity index (χ0v) is 12.0. The van der Waals surface area contributed by atoms with Crippen molar-refractivity contribution in [1.82, 2.24) is 0 Å². The molecule has 0 spiro atoms. The molecule has 0 fully saturated rings. The van der Waals surface area contributed by atoms with Crippen LogP contribution in [0.25, 0.3) is 0 Å². The van der Waals surface area contributed by atoms with Crippen LogP contribution in [0, 0.1) is 0 Å². The van der Waals surface area contributed by atoms with Crippen LogP contribution in [0.4, 0.5) is 18.9 Å². The maximum Gasteiger partial charge on any atom is 0.416 e. The highest BCUT2D eigenvalue weighted by molar-refractivity contribution is 6.36. The molecule has 0 atom stereocenters. The molecular weight excluding hydrogens is 326 g/mol. The second kappa shape index (κ2) is 6.03. The van der Waals surface area contributed by atoms with Crippen LogP contribution < -0.4 is 5.32 Å². The van der Waals surface area contributed by atoms with Crippen LogP contribution in [0.2, 0.25) is 10.0 Å². The Bertz CT molecular complexity index is 659. The lowest BCUT2D eigenvalue weighted by atomic mass is 10.1. The zero-order valence-electron chi connectivity index (χ0n) is 10.5. The first-order valence-corrected chi connectivity index (χ1v) is 6.61. The standard InChI is InChI=1S/C14H10Cl2F3NO/c15-9-5-11(16)13(21)12(6-9)20-7-8-3-1-2-4-10(8)14(17,18)19/h1-6,20-21H,7H2. The van der Waals surface area contributed by atoms with E-state index in [0.717, 1.165) is 6.07 Å². The minimum atomic E-state index is -4.44. The number of rotatable bonds is 3. The fraction of sp³-hybridized carbons (Fsp3) is 0.143. The van der Waals surface area contributed by atoms with Crippen LogP contribution >= 0.6 is 23.2 Å². The number of halogens is 5. The molecule has 0 amide bonds. The molecule has 21 heavy (non-hydrogen) atoms. The fourth-order valence-electron chi connectivity index (χ4n) is 1.84. The first-order chi connectivity index (χ1) is 9.79. The molecule has 0 aromatic heterocycles. The molecule has 0 aliphatic rings. The first-order valence-electron chi connectivity index (χ1n) is 5.86. The van der Waals surface area contributed by atoms with Gasteiger partial charge in [-0.3, -0.25) is 0 Å². The summed E-state index contributed by atoms with van der Waals surface area (Å²) in [5, 5.41) is 12.7. The molecule has 0 aliphatic carbocycles. The van der Waals surface area contributed by atoms with Crippen LogP contribution in [0.15, 0.2) is 36.4 Å². The molecule has 0 bridgehead atoms. The van der Waals surface area contributed by atoms with Crippen LogP contribution in [0.1, 0.15) is 11.1 Å². The number of alkyl halides is 3. The Labute approximate surface area is 129 Å². The molecular formula is C14H10Cl2F3NO. The predicted octanol–water partition coefficient (Wildman–Crippen LogP) is 5.33. The smallest absolute Gasteiger partial charge is 0.416 e. The Hall–Kier alpha value is -1.59. The minimum Gasteiger partial charge on any atom is -0.504 e. The molecule has 2 aromatic carbocycles. The summed E-state index contributed by atoms with van der Waals surface area (Å²) in [6.07, 6.45) is -4.44. The second-order valence-corrected chi connectivity index (χ2v) is 5.14. The van der Waals surface area contributed by atoms with Crippen LogP contribution in [0.5, 0.6) is 5.75 Å². The maximum absolute atomic E-state index is 12.9. The summed E-state index contributed by atoms with van der Waals surface area (Å²) < 4.78 is 38.6. The number of hydrogen-bond acceptors (Lipinski definition) is 2. The quantitative estimate of drug-likeness (QED) is 0.743. The number of anilines is 1. The topological polar surface area (TPSA) is 32.3 Å². The van der Waals surface area contributed by atoms with Gasteiger partial charge in [0.2, 0.25) is 0 Å². The number of hydrogen-bond donors (Lipinski definition) is 2. The van der Waals surface area contributed by atoms with Gasteiger partial charge in [0.15, 0.2) is 5.75 Å². The Morgan fingerprint density at radius 2 is 1.76 bits per heavy atom. The molecule has 112 valence electrons. The number of nitrogens with one attached hydrogen (secondary N) is 1. The van der Waals surface area contributed by atoms with Gasteiger partial charge < -0.3 is 10.4 Å². The average Bonchev–Trinajstić information content (AvgIpc) is 2.40. The molecule has 0 aliphatic heterocycles. The van der Waals surface area contributed by atoms with Gasteiger partial charge in [0, 0.05) is 11.6 Å². The average molecular weight is 336 g/mol. The van der Waals surface area contributed by atoms with Crippen LogP contribution in [-0.2, 0) is 12.7 Å². The van der Waals surface area contributed by atoms with E-state index >= 15 is 0 Å². The third kappa shape index (κ3) is 3.74. The lowest BCUT2D eigenvalue weighted by Gasteiger charge is -2.15. The summed E-state index contributed by atoms with van der Waals surface area (Å²) in [5.74, 6) is -0.259. The molecule has 2 aromatic rings. The van der Waals surface area contributed by atoms with E-state index in [4.69, 9.17) is 23.2 Å². The van der Waals surface area contributed by atoms with E-state index in [1.54, 1.807) is 0 Å². The van der Waals surface area contributed by atoms with E-state index in [9.17, 15) is 18.3 Å². The normalized spacial score (nSPS) is 11.5. The summed E-state index contributed by atoms with van der Waals surface area (Å²) in [6.45, 7) is -0.125. The predicted molar refractivity (Wildman–Crippen MR) is 76.9 cm³/mol. The maximum atomic E-state index is 12.9. The first kappa shape index (κ1) is 15.8. The number of phenolic OH excluding ortho intramolecular Hbond substituents is 1. The Kier molecular flexibility index (Phi) is 4.54. The van der Waals surface area contributed by atoms with Crippen LogP contribution in [0.3, 0.4) is 0 Å². The third-order valence-electron chi connectivity index (χ3n) is 2.82. The summed E-state index contributed by atoms with van der Waals surface area (Å²) >= 11 is 11.5. The van der Waals surface area contributed by atoms with Crippen molar-refractivity contribution in [1.29, 1.82) is 0 Å². The van der Waals surface area contributed by atoms with Gasteiger partial charge in [-0.2, -0.15) is 13.2 Å². The zero-order chi connectivity index (χ0) is 15.6. The SMILES string of the molecule is Oc1c(Cl)cc(Cl)cc1NCc1ccccc1C(F)(F)F. The van der Waals surface area contributed by atoms with Gasteiger partial charge in [0.05, 0.1) is 16.3 Å². The van der Waals surface area contributed by atoms with Crippen molar-refractivity contribution in [2.24, 2.45) is 0 Å². The highest BCUT2D eigenvalue weighted by Crippen LogP contribution is 2.36. The van der Waals surface area contributed by atoms with Gasteiger partial charge in [0.1, 0.15) is 0 Å². The van der Waals surface area contributed by atoms with Gasteiger partial charge in [-0.05, 0) is 23.8 Å². The highest BCUT2D eigenvalue weighted by atomic mass is 35.5. The Morgan fingerprint density at radius 1 is 1.10 bits per heavy atom. The van der Waals surface area contributed by atoms with E-state index in [-0.39, 0.29) is 33.6 Å². The van der Waals surface area contributed by atoms with Crippen molar-refractivity contribution in [3.05, 3.63) is 57.6 Å². The van der Waals surface area contributed by atoms with Gasteiger partial charge in [-0.1, -0.05) is 41.4 Å². The lowest BCUT2D eigenvalue weighted by Crippen LogP contribution is -2.11. The van der Waals surface area contributed by atoms with Gasteiger partial charge >= 0.3 is 6.18 Å². The fourth-order valence-corrected chi connectivity index (χ4v) is 2.34. The number of benzene rings is 2. The molecule has 2 nitrogen and oxygen atoms in total. The van der Waals surface area contributed by atoms with E-state index in [0.29, 0.717) is 0 Å². The molecule has 0 saturated carbocycles. The van der Waals surface area contributed by atoms with E-state index in [1.165, 1.54) is 30.3 Å². The summed E-state index contributed by atoms with van der Waals surface area (Å²) in [7, 11) is 0. The largest absolute Gasteiger partial charge is 0.504 e. The molecule has 0 radical (unpaired) electrons. The van der Waals surface area contributed by atoms with Crippen molar-refractivity contribution in [3.8, 4) is 5.75 Å².